The van der Waals surface area contributed by atoms with Crippen LogP contribution in [0.5, 0.6) is 0 Å². The van der Waals surface area contributed by atoms with Gasteiger partial charge in [-0.2, -0.15) is 0 Å². The maximum absolute atomic E-state index is 12.6. The Morgan fingerprint density at radius 3 is 2.00 bits per heavy atom. The van der Waals surface area contributed by atoms with Gasteiger partial charge in [0, 0.05) is 28.8 Å². The number of hydrogen-bond donors (Lipinski definition) is 2. The Morgan fingerprint density at radius 1 is 0.857 bits per heavy atom. The summed E-state index contributed by atoms with van der Waals surface area (Å²) >= 11 is 3.30. The second kappa shape index (κ2) is 11.2. The molecule has 3 rings (SSSR count). The van der Waals surface area contributed by atoms with Crippen LogP contribution in [0.2, 0.25) is 0 Å². The number of amides is 1. The predicted octanol–water partition coefficient (Wildman–Crippen LogP) is 4.74. The first-order valence-electron chi connectivity index (χ1n) is 10.7. The third kappa shape index (κ3) is 7.81. The highest BCUT2D eigenvalue weighted by Gasteiger charge is 2.18. The zero-order valence-corrected chi connectivity index (χ0v) is 22.5. The lowest BCUT2D eigenvalue weighted by Crippen LogP contribution is -2.31. The van der Waals surface area contributed by atoms with Crippen molar-refractivity contribution in [1.82, 2.24) is 0 Å². The molecule has 0 radical (unpaired) electrons. The van der Waals surface area contributed by atoms with Crippen LogP contribution in [0.3, 0.4) is 0 Å². The summed E-state index contributed by atoms with van der Waals surface area (Å²) in [5.74, 6) is -0.300. The highest BCUT2D eigenvalue weighted by atomic mass is 79.9. The predicted molar refractivity (Wildman–Crippen MR) is 143 cm³/mol. The van der Waals surface area contributed by atoms with E-state index in [1.54, 1.807) is 36.4 Å². The number of benzene rings is 3. The summed E-state index contributed by atoms with van der Waals surface area (Å²) in [7, 11) is -7.27. The Bertz CT molecular complexity index is 1370. The Labute approximate surface area is 214 Å². The van der Waals surface area contributed by atoms with E-state index in [2.05, 4.69) is 26.0 Å². The third-order valence-electron chi connectivity index (χ3n) is 5.03. The molecule has 0 spiro atoms. The number of anilines is 3. The van der Waals surface area contributed by atoms with Crippen LogP contribution in [-0.2, 0) is 24.8 Å². The molecule has 0 saturated heterocycles. The van der Waals surface area contributed by atoms with Gasteiger partial charge in [-0.15, -0.1) is 0 Å². The van der Waals surface area contributed by atoms with Crippen molar-refractivity contribution >= 4 is 58.9 Å². The minimum Gasteiger partial charge on any atom is -0.326 e. The summed E-state index contributed by atoms with van der Waals surface area (Å²) in [5.41, 5.74) is 2.44. The number of carbonyl (C=O) groups is 1. The lowest BCUT2D eigenvalue weighted by molar-refractivity contribution is -0.116. The van der Waals surface area contributed by atoms with E-state index in [1.165, 1.54) is 28.6 Å². The fraction of sp³-hybridized carbons (Fsp3) is 0.208. The number of hydrogen-bond acceptors (Lipinski definition) is 5. The van der Waals surface area contributed by atoms with Gasteiger partial charge in [-0.3, -0.25) is 13.8 Å². The van der Waals surface area contributed by atoms with E-state index in [4.69, 9.17) is 0 Å². The van der Waals surface area contributed by atoms with Crippen LogP contribution in [0.15, 0.2) is 82.2 Å². The van der Waals surface area contributed by atoms with Crippen molar-refractivity contribution in [2.45, 2.75) is 24.7 Å². The van der Waals surface area contributed by atoms with E-state index in [0.29, 0.717) is 23.5 Å². The fourth-order valence-electron chi connectivity index (χ4n) is 3.25. The van der Waals surface area contributed by atoms with Gasteiger partial charge in [0.25, 0.3) is 10.0 Å². The van der Waals surface area contributed by atoms with Crippen molar-refractivity contribution < 1.29 is 21.6 Å². The molecule has 0 saturated carbocycles. The van der Waals surface area contributed by atoms with Gasteiger partial charge < -0.3 is 5.32 Å². The van der Waals surface area contributed by atoms with E-state index < -0.39 is 20.0 Å². The minimum absolute atomic E-state index is 0.0558. The molecular formula is C24H26BrN3O5S2. The van der Waals surface area contributed by atoms with E-state index in [1.807, 2.05) is 19.1 Å². The van der Waals surface area contributed by atoms with Crippen molar-refractivity contribution in [3.8, 4) is 0 Å². The van der Waals surface area contributed by atoms with Gasteiger partial charge in [-0.1, -0.05) is 33.6 Å². The number of halogens is 1. The maximum Gasteiger partial charge on any atom is 0.261 e. The first-order chi connectivity index (χ1) is 16.4. The fourth-order valence-corrected chi connectivity index (χ4v) is 5.54. The largest absolute Gasteiger partial charge is 0.326 e. The lowest BCUT2D eigenvalue weighted by atomic mass is 10.2. The van der Waals surface area contributed by atoms with Crippen LogP contribution in [0, 0.1) is 6.92 Å². The Balaban J connectivity index is 1.56. The molecule has 0 aromatic heterocycles. The van der Waals surface area contributed by atoms with Crippen molar-refractivity contribution in [3.63, 3.8) is 0 Å². The molecule has 0 aliphatic carbocycles. The molecule has 0 aliphatic rings. The van der Waals surface area contributed by atoms with Crippen LogP contribution in [0.1, 0.15) is 18.4 Å². The molecule has 2 N–H and O–H groups in total. The molecule has 3 aromatic rings. The van der Waals surface area contributed by atoms with Crippen molar-refractivity contribution in [1.29, 1.82) is 0 Å². The number of aryl methyl sites for hydroxylation is 1. The van der Waals surface area contributed by atoms with E-state index in [-0.39, 0.29) is 23.8 Å². The van der Waals surface area contributed by atoms with Crippen LogP contribution in [0.4, 0.5) is 17.1 Å². The van der Waals surface area contributed by atoms with Gasteiger partial charge in [0.05, 0.1) is 16.8 Å². The van der Waals surface area contributed by atoms with Gasteiger partial charge in [-0.05, 0) is 74.0 Å². The average molecular weight is 581 g/mol. The molecule has 3 aromatic carbocycles. The molecule has 1 amide bonds. The Kier molecular flexibility index (Phi) is 8.57. The summed E-state index contributed by atoms with van der Waals surface area (Å²) in [6.07, 6.45) is 1.55. The zero-order valence-electron chi connectivity index (χ0n) is 19.2. The molecular weight excluding hydrogens is 554 g/mol. The number of carbonyl (C=O) groups excluding carboxylic acids is 1. The van der Waals surface area contributed by atoms with Gasteiger partial charge in [0.1, 0.15) is 0 Å². The highest BCUT2D eigenvalue weighted by molar-refractivity contribution is 9.10. The molecule has 35 heavy (non-hydrogen) atoms. The molecule has 11 heteroatoms. The molecule has 0 bridgehead atoms. The molecule has 0 aliphatic heterocycles. The lowest BCUT2D eigenvalue weighted by Gasteiger charge is -2.22. The molecule has 0 unspecified atom stereocenters. The smallest absolute Gasteiger partial charge is 0.261 e. The zero-order chi connectivity index (χ0) is 25.6. The highest BCUT2D eigenvalue weighted by Crippen LogP contribution is 2.21. The Morgan fingerprint density at radius 2 is 1.43 bits per heavy atom. The Hall–Kier alpha value is -2.89. The first-order valence-corrected chi connectivity index (χ1v) is 14.8. The average Bonchev–Trinajstić information content (AvgIpc) is 2.78. The summed E-state index contributed by atoms with van der Waals surface area (Å²) in [6, 6.07) is 19.7. The van der Waals surface area contributed by atoms with Crippen molar-refractivity contribution in [3.05, 3.63) is 82.8 Å². The summed E-state index contributed by atoms with van der Waals surface area (Å²) in [4.78, 5) is 12.4. The van der Waals surface area contributed by atoms with Crippen LogP contribution < -0.4 is 14.3 Å². The maximum atomic E-state index is 12.6. The summed E-state index contributed by atoms with van der Waals surface area (Å²) in [6.45, 7) is 2.08. The summed E-state index contributed by atoms with van der Waals surface area (Å²) in [5, 5.41) is 2.71. The topological polar surface area (TPSA) is 113 Å². The number of rotatable bonds is 10. The summed E-state index contributed by atoms with van der Waals surface area (Å²) < 4.78 is 54.2. The second-order valence-corrected chi connectivity index (χ2v) is 12.5. The second-order valence-electron chi connectivity index (χ2n) is 7.96. The van der Waals surface area contributed by atoms with Gasteiger partial charge in [0.2, 0.25) is 15.9 Å². The first kappa shape index (κ1) is 26.7. The van der Waals surface area contributed by atoms with Crippen LogP contribution in [0.25, 0.3) is 0 Å². The molecule has 0 atom stereocenters. The monoisotopic (exact) mass is 579 g/mol. The standard InChI is InChI=1S/C24H26BrN3O5S2/c1-18-5-13-22(14-6-18)28(34(2,30)31)17-3-4-24(29)26-20-11-15-23(16-12-20)35(32,33)27-21-9-7-19(25)8-10-21/h5-16,27H,3-4,17H2,1-2H3,(H,26,29). The minimum atomic E-state index is -3.78. The van der Waals surface area contributed by atoms with E-state index >= 15 is 0 Å². The normalized spacial score (nSPS) is 11.6. The van der Waals surface area contributed by atoms with E-state index in [0.717, 1.165) is 16.3 Å². The SMILES string of the molecule is Cc1ccc(N(CCCC(=O)Nc2ccc(S(=O)(=O)Nc3ccc(Br)cc3)cc2)S(C)(=O)=O)cc1. The number of nitrogens with one attached hydrogen (secondary N) is 2. The number of nitrogens with zero attached hydrogens (tertiary/aromatic N) is 1. The van der Waals surface area contributed by atoms with E-state index in [9.17, 15) is 21.6 Å². The molecule has 0 fully saturated rings. The third-order valence-corrected chi connectivity index (χ3v) is 8.15. The quantitative estimate of drug-likeness (QED) is 0.360. The number of sulfonamides is 2. The van der Waals surface area contributed by atoms with Crippen LogP contribution >= 0.6 is 15.9 Å². The van der Waals surface area contributed by atoms with Crippen molar-refractivity contribution in [2.24, 2.45) is 0 Å². The van der Waals surface area contributed by atoms with Gasteiger partial charge >= 0.3 is 0 Å². The van der Waals surface area contributed by atoms with Crippen molar-refractivity contribution in [2.75, 3.05) is 27.1 Å². The molecule has 186 valence electrons. The van der Waals surface area contributed by atoms with Gasteiger partial charge in [-0.25, -0.2) is 16.8 Å². The molecule has 8 nitrogen and oxygen atoms in total. The van der Waals surface area contributed by atoms with Crippen LogP contribution in [-0.4, -0.2) is 35.5 Å². The van der Waals surface area contributed by atoms with Gasteiger partial charge in [0.15, 0.2) is 0 Å². The molecule has 0 heterocycles.